The van der Waals surface area contributed by atoms with E-state index in [1.54, 1.807) is 4.90 Å². The van der Waals surface area contributed by atoms with Gasteiger partial charge in [0.25, 0.3) is 0 Å². The molecule has 156 valence electrons. The molecule has 2 amide bonds. The van der Waals surface area contributed by atoms with Crippen molar-refractivity contribution in [3.05, 3.63) is 35.9 Å². The van der Waals surface area contributed by atoms with Gasteiger partial charge >= 0.3 is 0 Å². The summed E-state index contributed by atoms with van der Waals surface area (Å²) in [5.74, 6) is -0.223. The molecule has 1 saturated heterocycles. The molecular weight excluding hydrogens is 378 g/mol. The summed E-state index contributed by atoms with van der Waals surface area (Å²) < 4.78 is 23.7. The zero-order chi connectivity index (χ0) is 20.6. The molecule has 0 radical (unpaired) electrons. The fourth-order valence-corrected chi connectivity index (χ4v) is 4.56. The molecule has 7 nitrogen and oxygen atoms in total. The Morgan fingerprint density at radius 1 is 1.11 bits per heavy atom. The third-order valence-corrected chi connectivity index (χ3v) is 6.41. The number of amides is 2. The quantitative estimate of drug-likeness (QED) is 0.663. The standard InChI is InChI=1S/C20H31N3O4S/c1-3-10-21-18(24)16-23(11-4-2)20(25)19(17-8-6-5-7-9-17)22-12-14-28(26,27)15-13-22/h5-9,19H,3-4,10-16H2,1-2H3,(H,21,24). The van der Waals surface area contributed by atoms with Crippen molar-refractivity contribution in [3.8, 4) is 0 Å². The van der Waals surface area contributed by atoms with Crippen molar-refractivity contribution >= 4 is 21.7 Å². The van der Waals surface area contributed by atoms with Crippen molar-refractivity contribution in [1.29, 1.82) is 0 Å². The number of sulfone groups is 1. The summed E-state index contributed by atoms with van der Waals surface area (Å²) in [7, 11) is -3.05. The van der Waals surface area contributed by atoms with E-state index < -0.39 is 15.9 Å². The minimum atomic E-state index is -3.05. The van der Waals surface area contributed by atoms with Crippen molar-refractivity contribution in [1.82, 2.24) is 15.1 Å². The highest BCUT2D eigenvalue weighted by Gasteiger charge is 2.35. The molecule has 8 heteroatoms. The average molecular weight is 410 g/mol. The molecule has 1 atom stereocenters. The second-order valence-electron chi connectivity index (χ2n) is 7.11. The van der Waals surface area contributed by atoms with E-state index in [0.717, 1.165) is 18.4 Å². The van der Waals surface area contributed by atoms with Gasteiger partial charge in [0.1, 0.15) is 6.04 Å². The Morgan fingerprint density at radius 2 is 1.75 bits per heavy atom. The maximum absolute atomic E-state index is 13.5. The van der Waals surface area contributed by atoms with Gasteiger partial charge in [0.05, 0.1) is 18.1 Å². The number of rotatable bonds is 9. The molecule has 1 aliphatic rings. The zero-order valence-electron chi connectivity index (χ0n) is 16.8. The van der Waals surface area contributed by atoms with Gasteiger partial charge in [-0.25, -0.2) is 8.42 Å². The third-order valence-electron chi connectivity index (χ3n) is 4.81. The summed E-state index contributed by atoms with van der Waals surface area (Å²) >= 11 is 0. The van der Waals surface area contributed by atoms with Crippen molar-refractivity contribution in [2.45, 2.75) is 32.7 Å². The van der Waals surface area contributed by atoms with Crippen LogP contribution >= 0.6 is 0 Å². The van der Waals surface area contributed by atoms with Crippen LogP contribution < -0.4 is 5.32 Å². The Hall–Kier alpha value is -1.93. The van der Waals surface area contributed by atoms with E-state index in [2.05, 4.69) is 5.32 Å². The first-order chi connectivity index (χ1) is 13.4. The molecule has 1 aromatic carbocycles. The number of carbonyl (C=O) groups excluding carboxylic acids is 2. The van der Waals surface area contributed by atoms with E-state index in [0.29, 0.717) is 26.2 Å². The Kier molecular flexibility index (Phi) is 8.44. The summed E-state index contributed by atoms with van der Waals surface area (Å²) in [4.78, 5) is 29.2. The molecule has 0 spiro atoms. The van der Waals surface area contributed by atoms with Crippen molar-refractivity contribution < 1.29 is 18.0 Å². The fraction of sp³-hybridized carbons (Fsp3) is 0.600. The molecule has 0 bridgehead atoms. The molecule has 28 heavy (non-hydrogen) atoms. The molecule has 1 aliphatic heterocycles. The van der Waals surface area contributed by atoms with Crippen LogP contribution in [0, 0.1) is 0 Å². The zero-order valence-corrected chi connectivity index (χ0v) is 17.6. The first-order valence-electron chi connectivity index (χ1n) is 9.93. The van der Waals surface area contributed by atoms with Crippen molar-refractivity contribution in [3.63, 3.8) is 0 Å². The maximum atomic E-state index is 13.5. The smallest absolute Gasteiger partial charge is 0.245 e. The van der Waals surface area contributed by atoms with Gasteiger partial charge in [-0.2, -0.15) is 0 Å². The van der Waals surface area contributed by atoms with Crippen LogP contribution in [0.25, 0.3) is 0 Å². The van der Waals surface area contributed by atoms with Crippen LogP contribution in [-0.2, 0) is 19.4 Å². The average Bonchev–Trinajstić information content (AvgIpc) is 2.68. The second kappa shape index (κ2) is 10.6. The third kappa shape index (κ3) is 6.31. The Balaban J connectivity index is 2.24. The van der Waals surface area contributed by atoms with Gasteiger partial charge in [-0.1, -0.05) is 44.2 Å². The first-order valence-corrected chi connectivity index (χ1v) is 11.7. The molecule has 2 rings (SSSR count). The van der Waals surface area contributed by atoms with E-state index in [1.807, 2.05) is 49.1 Å². The Bertz CT molecular complexity index is 738. The number of nitrogens with zero attached hydrogens (tertiary/aromatic N) is 2. The summed E-state index contributed by atoms with van der Waals surface area (Å²) in [5.41, 5.74) is 0.821. The van der Waals surface area contributed by atoms with Gasteiger partial charge in [0.15, 0.2) is 9.84 Å². The Morgan fingerprint density at radius 3 is 2.32 bits per heavy atom. The van der Waals surface area contributed by atoms with Gasteiger partial charge in [0, 0.05) is 26.2 Å². The molecule has 1 N–H and O–H groups in total. The highest BCUT2D eigenvalue weighted by atomic mass is 32.2. The van der Waals surface area contributed by atoms with Gasteiger partial charge in [-0.3, -0.25) is 14.5 Å². The lowest BCUT2D eigenvalue weighted by atomic mass is 10.0. The number of benzene rings is 1. The van der Waals surface area contributed by atoms with Crippen LogP contribution in [0.2, 0.25) is 0 Å². The van der Waals surface area contributed by atoms with E-state index in [-0.39, 0.29) is 29.9 Å². The second-order valence-corrected chi connectivity index (χ2v) is 9.41. The topological polar surface area (TPSA) is 86.8 Å². The largest absolute Gasteiger partial charge is 0.355 e. The van der Waals surface area contributed by atoms with Crippen LogP contribution in [0.3, 0.4) is 0 Å². The van der Waals surface area contributed by atoms with Crippen LogP contribution in [0.5, 0.6) is 0 Å². The summed E-state index contributed by atoms with van der Waals surface area (Å²) in [5, 5.41) is 2.82. The van der Waals surface area contributed by atoms with Gasteiger partial charge in [-0.15, -0.1) is 0 Å². The fourth-order valence-electron chi connectivity index (χ4n) is 3.33. The molecule has 1 unspecified atom stereocenters. The highest BCUT2D eigenvalue weighted by molar-refractivity contribution is 7.91. The van der Waals surface area contributed by atoms with E-state index in [1.165, 1.54) is 0 Å². The van der Waals surface area contributed by atoms with Crippen molar-refractivity contribution in [2.75, 3.05) is 44.2 Å². The van der Waals surface area contributed by atoms with Gasteiger partial charge in [0.2, 0.25) is 11.8 Å². The lowest BCUT2D eigenvalue weighted by molar-refractivity contribution is -0.141. The number of hydrogen-bond acceptors (Lipinski definition) is 5. The normalized spacial score (nSPS) is 17.6. The monoisotopic (exact) mass is 409 g/mol. The number of hydrogen-bond donors (Lipinski definition) is 1. The molecule has 0 aromatic heterocycles. The Labute approximate surface area is 168 Å². The lowest BCUT2D eigenvalue weighted by Crippen LogP contribution is -2.50. The summed E-state index contributed by atoms with van der Waals surface area (Å²) in [6.07, 6.45) is 1.57. The lowest BCUT2D eigenvalue weighted by Gasteiger charge is -2.36. The number of carbonyl (C=O) groups is 2. The van der Waals surface area contributed by atoms with Crippen LogP contribution in [0.1, 0.15) is 38.3 Å². The SMILES string of the molecule is CCCNC(=O)CN(CCC)C(=O)C(c1ccccc1)N1CCS(=O)(=O)CC1. The van der Waals surface area contributed by atoms with E-state index in [9.17, 15) is 18.0 Å². The van der Waals surface area contributed by atoms with Gasteiger partial charge in [-0.05, 0) is 18.4 Å². The predicted molar refractivity (Wildman–Crippen MR) is 110 cm³/mol. The minimum Gasteiger partial charge on any atom is -0.355 e. The summed E-state index contributed by atoms with van der Waals surface area (Å²) in [6, 6.07) is 8.80. The van der Waals surface area contributed by atoms with Crippen LogP contribution in [-0.4, -0.2) is 74.3 Å². The van der Waals surface area contributed by atoms with Crippen LogP contribution in [0.15, 0.2) is 30.3 Å². The molecule has 1 fully saturated rings. The number of nitrogens with one attached hydrogen (secondary N) is 1. The van der Waals surface area contributed by atoms with E-state index in [4.69, 9.17) is 0 Å². The molecule has 0 aliphatic carbocycles. The first kappa shape index (κ1) is 22.4. The predicted octanol–water partition coefficient (Wildman–Crippen LogP) is 1.22. The van der Waals surface area contributed by atoms with Gasteiger partial charge < -0.3 is 10.2 Å². The molecule has 0 saturated carbocycles. The summed E-state index contributed by atoms with van der Waals surface area (Å²) in [6.45, 7) is 5.65. The molecule has 1 aromatic rings. The highest BCUT2D eigenvalue weighted by Crippen LogP contribution is 2.25. The van der Waals surface area contributed by atoms with E-state index >= 15 is 0 Å². The minimum absolute atomic E-state index is 0.0160. The molecule has 1 heterocycles. The van der Waals surface area contributed by atoms with Crippen LogP contribution in [0.4, 0.5) is 0 Å². The molecular formula is C20H31N3O4S. The maximum Gasteiger partial charge on any atom is 0.245 e. The van der Waals surface area contributed by atoms with Crippen molar-refractivity contribution in [2.24, 2.45) is 0 Å².